The molecule has 0 spiro atoms. The number of halogens is 3. The van der Waals surface area contributed by atoms with Gasteiger partial charge < -0.3 is 137 Å². The van der Waals surface area contributed by atoms with E-state index in [4.69, 9.17) is 77.4 Å². The number of carbonyl (C=O) groups is 5. The molecule has 33 heteroatoms. The Labute approximate surface area is 612 Å². The first-order chi connectivity index (χ1) is 39.3. The molecule has 10 amide bonds. The topological polar surface area (TPSA) is 429 Å². The van der Waals surface area contributed by atoms with E-state index in [0.29, 0.717) is 91.0 Å². The molecule has 0 saturated heterocycles. The standard InChI is InChI=1S/C10H11ClN3O2.C10H10ClN2O3.C9H11ClN2O2.C8H15N2O3.C7H16N2O2.C5H11.C2H8N2.C2H7NO.2CH3.3Y/c11-8-2-1-3-9(6-8)14-10(16)13-5-4-12-7-15;11-8-2-1-3-9(6-8)13-10(15)12-4-5-16-7-14;10-7-2-1-3-8(6-7)12-9(14)11-4-5-13;1-8(2,3)13-7(12)10-5-4-9-6-11;1-7(2,3)11-6(10)9-5-4-8;1-3-5-4-2;2*3-1-2-4;;;;;/h1-3,6H,4-5H2,(H,12,15)(H2,13,14,16);1-3,6H,4-5H2,(H2,12,13,15);1-3,6,13H,4-5H2,(H2,11,12,14);4-5H2,1-3H3,(H,9,11)(H,10,12);4-5,8H2,1-3H3,(H,9,10);1,3-5H2,2H3;1-4H2;4H,1-3H2;2*1H3;;;/q2*-1;;-1;;-1;;;2*-1;;;. The molecule has 499 valence electrons. The summed E-state index contributed by atoms with van der Waals surface area (Å²) < 4.78 is 14.2. The fourth-order valence-corrected chi connectivity index (χ4v) is 4.84. The Morgan fingerprint density at radius 2 is 0.864 bits per heavy atom. The number of hydrogen-bond donors (Lipinski definition) is 16. The molecule has 3 radical (unpaired) electrons. The maximum absolute atomic E-state index is 11.3. The molecule has 0 fully saturated rings. The minimum atomic E-state index is -0.492. The average Bonchev–Trinajstić information content (AvgIpc) is 3.53. The van der Waals surface area contributed by atoms with Crippen molar-refractivity contribution in [3.8, 4) is 0 Å². The van der Waals surface area contributed by atoms with Gasteiger partial charge in [0.15, 0.2) is 0 Å². The second kappa shape index (κ2) is 75.8. The molecule has 0 aromatic heterocycles. The zero-order valence-electron chi connectivity index (χ0n) is 52.2. The third-order valence-corrected chi connectivity index (χ3v) is 8.21. The Kier molecular flexibility index (Phi) is 91.3. The minimum Gasteiger partial charge on any atom is -0.651 e. The van der Waals surface area contributed by atoms with Gasteiger partial charge in [-0.05, 0) is 96.1 Å². The minimum absolute atomic E-state index is 0. The number of alkyl carbamates (subject to hydrolysis) is 2. The van der Waals surface area contributed by atoms with Gasteiger partial charge in [-0.25, -0.2) is 24.0 Å². The monoisotopic (exact) mass is 1530 g/mol. The molecule has 0 saturated carbocycles. The number of unbranched alkanes of at least 4 members (excludes halogenated alkanes) is 2. The van der Waals surface area contributed by atoms with E-state index in [1.807, 2.05) is 20.8 Å². The maximum atomic E-state index is 11.3. The summed E-state index contributed by atoms with van der Waals surface area (Å²) in [5, 5.41) is 42.7. The van der Waals surface area contributed by atoms with Crippen LogP contribution in [0.25, 0.3) is 0 Å². The van der Waals surface area contributed by atoms with Crippen LogP contribution in [-0.4, -0.2) is 163 Å². The fourth-order valence-electron chi connectivity index (χ4n) is 4.27. The van der Waals surface area contributed by atoms with Crippen LogP contribution in [0.5, 0.6) is 0 Å². The quantitative estimate of drug-likeness (QED) is 0.0241. The van der Waals surface area contributed by atoms with Gasteiger partial charge in [-0.1, -0.05) is 79.2 Å². The van der Waals surface area contributed by atoms with Gasteiger partial charge in [-0.15, -0.1) is 0 Å². The third-order valence-electron chi connectivity index (χ3n) is 7.50. The van der Waals surface area contributed by atoms with Crippen LogP contribution in [0.2, 0.25) is 15.1 Å². The van der Waals surface area contributed by atoms with E-state index < -0.39 is 29.4 Å². The molecule has 3 aromatic rings. The van der Waals surface area contributed by atoms with Crippen LogP contribution in [0, 0.1) is 21.8 Å². The Bertz CT molecular complexity index is 2070. The molecule has 27 nitrogen and oxygen atoms in total. The number of ether oxygens (including phenoxy) is 3. The van der Waals surface area contributed by atoms with E-state index >= 15 is 0 Å². The number of nitrogens with two attached hydrogens (primary N) is 4. The Hall–Kier alpha value is -3.64. The number of aliphatic hydroxyl groups is 2. The van der Waals surface area contributed by atoms with Crippen molar-refractivity contribution >= 4 is 101 Å². The summed E-state index contributed by atoms with van der Waals surface area (Å²) >= 11 is 17.2. The van der Waals surface area contributed by atoms with Gasteiger partial charge in [0.2, 0.25) is 0 Å². The summed E-state index contributed by atoms with van der Waals surface area (Å²) in [4.78, 5) is 84.6. The van der Waals surface area contributed by atoms with E-state index in [9.17, 15) is 38.4 Å². The van der Waals surface area contributed by atoms with Crippen molar-refractivity contribution in [3.05, 3.63) is 110 Å². The summed E-state index contributed by atoms with van der Waals surface area (Å²) in [5.41, 5.74) is 20.7. The van der Waals surface area contributed by atoms with Crippen LogP contribution >= 0.6 is 34.8 Å². The van der Waals surface area contributed by atoms with Gasteiger partial charge in [0, 0.05) is 202 Å². The summed E-state index contributed by atoms with van der Waals surface area (Å²) in [5.74, 6) is 0. The average molecular weight is 1530 g/mol. The van der Waals surface area contributed by atoms with Crippen molar-refractivity contribution in [1.29, 1.82) is 0 Å². The first-order valence-electron chi connectivity index (χ1n) is 25.7. The van der Waals surface area contributed by atoms with Crippen LogP contribution in [0.1, 0.15) is 67.7 Å². The maximum Gasteiger partial charge on any atom is 0.407 e. The van der Waals surface area contributed by atoms with Gasteiger partial charge in [0.25, 0.3) is 0 Å². The van der Waals surface area contributed by atoms with Crippen molar-refractivity contribution in [1.82, 2.24) is 37.2 Å². The number of anilines is 3. The molecule has 0 unspecified atom stereocenters. The molecule has 3 rings (SSSR count). The van der Waals surface area contributed by atoms with Crippen molar-refractivity contribution in [2.24, 2.45) is 22.9 Å². The number of carbonyl (C=O) groups excluding carboxylic acids is 8. The molecule has 0 bridgehead atoms. The van der Waals surface area contributed by atoms with Gasteiger partial charge >= 0.3 is 30.3 Å². The molecular formula is C55H95Cl3N14O13Y3-6. The SMILES string of the molecule is CC(C)(C)OC(=O)NCCN.CC(C)(C)OC(=O)NCCN[C-]=O.NCCN.NCCO.O=C(NCCO)Nc1cccc(Cl)c1.O=[C-]NCCNC(=O)Nc1cccc(Cl)c1.O=[C-]OCCNC(=O)Nc1cccc(Cl)c1.[CH2-]CCCC.[CH3-].[CH3-].[Y].[Y].[Y]. The van der Waals surface area contributed by atoms with Gasteiger partial charge in [-0.2, -0.15) is 19.2 Å². The number of rotatable bonds is 23. The predicted octanol–water partition coefficient (Wildman–Crippen LogP) is 5.50. The normalized spacial score (nSPS) is 8.97. The summed E-state index contributed by atoms with van der Waals surface area (Å²) in [6.07, 6.45) is 5.76. The molecule has 0 aliphatic heterocycles. The Balaban J connectivity index is -0.000000102. The number of aliphatic hydroxyl groups excluding tert-OH is 2. The van der Waals surface area contributed by atoms with Gasteiger partial charge in [-0.3, -0.25) is 0 Å². The van der Waals surface area contributed by atoms with Crippen LogP contribution in [0.3, 0.4) is 0 Å². The van der Waals surface area contributed by atoms with Crippen molar-refractivity contribution in [3.63, 3.8) is 0 Å². The number of hydrogen-bond acceptors (Lipinski definition) is 17. The van der Waals surface area contributed by atoms with Crippen molar-refractivity contribution in [2.75, 3.05) is 108 Å². The second-order valence-electron chi connectivity index (χ2n) is 17.3. The predicted molar refractivity (Wildman–Crippen MR) is 341 cm³/mol. The molecule has 0 heterocycles. The fraction of sp³-hybridized carbons (Fsp3) is 0.473. The number of nitrogens with one attached hydrogen (secondary N) is 10. The zero-order chi connectivity index (χ0) is 64.2. The van der Waals surface area contributed by atoms with Crippen LogP contribution < -0.4 is 76.1 Å². The zero-order valence-corrected chi connectivity index (χ0v) is 63.0. The van der Waals surface area contributed by atoms with E-state index in [2.05, 4.69) is 71.8 Å². The van der Waals surface area contributed by atoms with Crippen molar-refractivity contribution < 1.29 is 161 Å². The molecule has 0 aliphatic carbocycles. The summed E-state index contributed by atoms with van der Waals surface area (Å²) in [6.45, 7) is 22.3. The van der Waals surface area contributed by atoms with Crippen LogP contribution in [0.4, 0.5) is 41.0 Å². The summed E-state index contributed by atoms with van der Waals surface area (Å²) in [7, 11) is 0. The molecule has 88 heavy (non-hydrogen) atoms. The van der Waals surface area contributed by atoms with E-state index in [1.165, 1.54) is 32.1 Å². The Morgan fingerprint density at radius 1 is 0.523 bits per heavy atom. The van der Waals surface area contributed by atoms with Gasteiger partial charge in [0.1, 0.15) is 11.2 Å². The van der Waals surface area contributed by atoms with E-state index in [-0.39, 0.29) is 158 Å². The number of urea groups is 3. The van der Waals surface area contributed by atoms with E-state index in [0.717, 1.165) is 6.42 Å². The molecule has 20 N–H and O–H groups in total. The van der Waals surface area contributed by atoms with Crippen molar-refractivity contribution in [2.45, 2.75) is 78.9 Å². The summed E-state index contributed by atoms with van der Waals surface area (Å²) in [6, 6.07) is 19.3. The molecular weight excluding hydrogens is 1440 g/mol. The van der Waals surface area contributed by atoms with Crippen LogP contribution in [-0.2, 0) is 127 Å². The number of benzene rings is 3. The molecule has 0 atom stereocenters. The third kappa shape index (κ3) is 88.8. The first-order valence-corrected chi connectivity index (χ1v) is 26.8. The number of amides is 10. The first kappa shape index (κ1) is 106. The van der Waals surface area contributed by atoms with E-state index in [1.54, 1.807) is 93.6 Å². The Morgan fingerprint density at radius 3 is 1.12 bits per heavy atom. The van der Waals surface area contributed by atoms with Gasteiger partial charge in [0.05, 0.1) is 19.8 Å². The van der Waals surface area contributed by atoms with Crippen LogP contribution in [0.15, 0.2) is 72.8 Å². The largest absolute Gasteiger partial charge is 0.651 e. The second-order valence-corrected chi connectivity index (χ2v) is 18.6. The molecule has 0 aliphatic rings. The smallest absolute Gasteiger partial charge is 0.407 e. The molecule has 3 aromatic carbocycles.